The van der Waals surface area contributed by atoms with Crippen molar-refractivity contribution < 1.29 is 19.1 Å². The van der Waals surface area contributed by atoms with Gasteiger partial charge in [0.1, 0.15) is 10.8 Å². The molecule has 0 saturated heterocycles. The average Bonchev–Trinajstić information content (AvgIpc) is 3.04. The average molecular weight is 318 g/mol. The fraction of sp³-hybridized carbons (Fsp3) is 0.267. The van der Waals surface area contributed by atoms with Crippen molar-refractivity contribution in [2.24, 2.45) is 0 Å². The van der Waals surface area contributed by atoms with E-state index in [2.05, 4.69) is 9.72 Å². The van der Waals surface area contributed by atoms with Gasteiger partial charge in [0.2, 0.25) is 0 Å². The molecule has 22 heavy (non-hydrogen) atoms. The van der Waals surface area contributed by atoms with E-state index in [9.17, 15) is 9.59 Å². The van der Waals surface area contributed by atoms with Crippen LogP contribution in [0.15, 0.2) is 35.8 Å². The number of rotatable bonds is 4. The molecule has 0 bridgehead atoms. The SMILES string of the molecule is COC(=O)C[C@H]1Oc2ccccc2N(Cc2nccs2)C1=O. The number of thiazole rings is 1. The number of carbonyl (C=O) groups excluding carboxylic acids is 2. The van der Waals surface area contributed by atoms with Crippen molar-refractivity contribution in [3.63, 3.8) is 0 Å². The molecule has 0 N–H and O–H groups in total. The summed E-state index contributed by atoms with van der Waals surface area (Å²) in [6.07, 6.45) is 0.711. The Morgan fingerprint density at radius 3 is 3.00 bits per heavy atom. The third-order valence-corrected chi connectivity index (χ3v) is 4.09. The number of fused-ring (bicyclic) bond motifs is 1. The molecular formula is C15H14N2O4S. The maximum Gasteiger partial charge on any atom is 0.309 e. The number of hydrogen-bond acceptors (Lipinski definition) is 6. The summed E-state index contributed by atoms with van der Waals surface area (Å²) >= 11 is 1.48. The summed E-state index contributed by atoms with van der Waals surface area (Å²) in [6, 6.07) is 7.26. The van der Waals surface area contributed by atoms with E-state index in [0.717, 1.165) is 5.01 Å². The van der Waals surface area contributed by atoms with E-state index < -0.39 is 12.1 Å². The van der Waals surface area contributed by atoms with Gasteiger partial charge in [0, 0.05) is 11.6 Å². The lowest BCUT2D eigenvalue weighted by atomic mass is 10.1. The van der Waals surface area contributed by atoms with Gasteiger partial charge < -0.3 is 9.47 Å². The van der Waals surface area contributed by atoms with Crippen molar-refractivity contribution in [2.45, 2.75) is 19.1 Å². The zero-order valence-electron chi connectivity index (χ0n) is 11.9. The molecule has 1 aliphatic rings. The Kier molecular flexibility index (Phi) is 4.06. The first-order valence-electron chi connectivity index (χ1n) is 6.71. The van der Waals surface area contributed by atoms with Crippen LogP contribution in [0.5, 0.6) is 5.75 Å². The van der Waals surface area contributed by atoms with E-state index >= 15 is 0 Å². The number of nitrogens with zero attached hydrogens (tertiary/aromatic N) is 2. The normalized spacial score (nSPS) is 16.9. The number of aromatic nitrogens is 1. The van der Waals surface area contributed by atoms with Crippen LogP contribution >= 0.6 is 11.3 Å². The Labute approximate surface area is 131 Å². The lowest BCUT2D eigenvalue weighted by Gasteiger charge is -2.33. The van der Waals surface area contributed by atoms with Gasteiger partial charge in [-0.2, -0.15) is 0 Å². The minimum atomic E-state index is -0.873. The molecule has 2 heterocycles. The van der Waals surface area contributed by atoms with E-state index in [4.69, 9.17) is 4.74 Å². The molecule has 114 valence electrons. The van der Waals surface area contributed by atoms with E-state index in [1.807, 2.05) is 23.6 Å². The fourth-order valence-corrected chi connectivity index (χ4v) is 2.87. The number of carbonyl (C=O) groups is 2. The molecule has 0 radical (unpaired) electrons. The van der Waals surface area contributed by atoms with E-state index in [0.29, 0.717) is 18.0 Å². The van der Waals surface area contributed by atoms with E-state index in [-0.39, 0.29) is 12.3 Å². The predicted octanol–water partition coefficient (Wildman–Crippen LogP) is 2.00. The molecule has 0 spiro atoms. The first kappa shape index (κ1) is 14.5. The highest BCUT2D eigenvalue weighted by Crippen LogP contribution is 2.35. The molecule has 0 fully saturated rings. The highest BCUT2D eigenvalue weighted by molar-refractivity contribution is 7.09. The summed E-state index contributed by atoms with van der Waals surface area (Å²) in [7, 11) is 1.29. The molecule has 1 amide bonds. The van der Waals surface area contributed by atoms with Crippen LogP contribution in [0.1, 0.15) is 11.4 Å². The Bertz CT molecular complexity index is 687. The van der Waals surface area contributed by atoms with Crippen molar-refractivity contribution in [1.29, 1.82) is 0 Å². The number of anilines is 1. The molecule has 1 aromatic heterocycles. The van der Waals surface area contributed by atoms with Crippen LogP contribution in [-0.4, -0.2) is 30.1 Å². The summed E-state index contributed by atoms with van der Waals surface area (Å²) in [5, 5.41) is 2.68. The summed E-state index contributed by atoms with van der Waals surface area (Å²) in [6.45, 7) is 0.356. The van der Waals surface area contributed by atoms with Gasteiger partial charge in [-0.1, -0.05) is 12.1 Å². The number of methoxy groups -OCH3 is 1. The molecule has 0 saturated carbocycles. The van der Waals surface area contributed by atoms with Gasteiger partial charge in [0.05, 0.1) is 25.8 Å². The largest absolute Gasteiger partial charge is 0.478 e. The smallest absolute Gasteiger partial charge is 0.309 e. The topological polar surface area (TPSA) is 68.7 Å². The number of esters is 1. The van der Waals surface area contributed by atoms with Crippen LogP contribution in [0.25, 0.3) is 0 Å². The van der Waals surface area contributed by atoms with Crippen molar-refractivity contribution in [1.82, 2.24) is 4.98 Å². The Balaban J connectivity index is 1.91. The number of amides is 1. The summed E-state index contributed by atoms with van der Waals surface area (Å²) < 4.78 is 10.3. The second-order valence-corrected chi connectivity index (χ2v) is 5.68. The molecule has 3 rings (SSSR count). The zero-order valence-corrected chi connectivity index (χ0v) is 12.7. The Morgan fingerprint density at radius 1 is 1.45 bits per heavy atom. The van der Waals surface area contributed by atoms with Crippen LogP contribution < -0.4 is 9.64 Å². The van der Waals surface area contributed by atoms with Gasteiger partial charge in [-0.25, -0.2) is 4.98 Å². The highest BCUT2D eigenvalue weighted by atomic mass is 32.1. The Hall–Kier alpha value is -2.41. The van der Waals surface area contributed by atoms with Crippen molar-refractivity contribution >= 4 is 28.9 Å². The first-order valence-corrected chi connectivity index (χ1v) is 7.59. The predicted molar refractivity (Wildman–Crippen MR) is 80.8 cm³/mol. The zero-order chi connectivity index (χ0) is 15.5. The highest BCUT2D eigenvalue weighted by Gasteiger charge is 2.36. The lowest BCUT2D eigenvalue weighted by Crippen LogP contribution is -2.46. The molecular weight excluding hydrogens is 304 g/mol. The number of ether oxygens (including phenoxy) is 2. The third-order valence-electron chi connectivity index (χ3n) is 3.32. The van der Waals surface area contributed by atoms with Gasteiger partial charge in [0.15, 0.2) is 6.10 Å². The fourth-order valence-electron chi connectivity index (χ4n) is 2.27. The van der Waals surface area contributed by atoms with Crippen molar-refractivity contribution in [2.75, 3.05) is 12.0 Å². The van der Waals surface area contributed by atoms with Crippen LogP contribution in [-0.2, 0) is 20.9 Å². The van der Waals surface area contributed by atoms with Crippen molar-refractivity contribution in [3.8, 4) is 5.75 Å². The molecule has 1 aromatic carbocycles. The summed E-state index contributed by atoms with van der Waals surface area (Å²) in [4.78, 5) is 29.9. The second-order valence-electron chi connectivity index (χ2n) is 4.70. The Morgan fingerprint density at radius 2 is 2.27 bits per heavy atom. The van der Waals surface area contributed by atoms with Gasteiger partial charge in [-0.3, -0.25) is 14.5 Å². The minimum absolute atomic E-state index is 0.113. The van der Waals surface area contributed by atoms with Gasteiger partial charge in [-0.05, 0) is 12.1 Å². The second kappa shape index (κ2) is 6.15. The van der Waals surface area contributed by atoms with E-state index in [1.54, 1.807) is 17.2 Å². The third kappa shape index (κ3) is 2.80. The van der Waals surface area contributed by atoms with Crippen LogP contribution in [0.4, 0.5) is 5.69 Å². The summed E-state index contributed by atoms with van der Waals surface area (Å²) in [5.41, 5.74) is 0.684. The maximum absolute atomic E-state index is 12.6. The molecule has 0 unspecified atom stereocenters. The minimum Gasteiger partial charge on any atom is -0.478 e. The van der Waals surface area contributed by atoms with Crippen LogP contribution in [0, 0.1) is 0 Å². The number of para-hydroxylation sites is 2. The molecule has 1 atom stereocenters. The lowest BCUT2D eigenvalue weighted by molar-refractivity contribution is -0.145. The van der Waals surface area contributed by atoms with Crippen molar-refractivity contribution in [3.05, 3.63) is 40.8 Å². The van der Waals surface area contributed by atoms with E-state index in [1.165, 1.54) is 18.4 Å². The number of hydrogen-bond donors (Lipinski definition) is 0. The van der Waals surface area contributed by atoms with Crippen LogP contribution in [0.3, 0.4) is 0 Å². The maximum atomic E-state index is 12.6. The standard InChI is InChI=1S/C15H14N2O4S/c1-20-14(18)8-12-15(19)17(9-13-16-6-7-22-13)10-4-2-3-5-11(10)21-12/h2-7,12H,8-9H2,1H3/t12-/m1/s1. The number of benzene rings is 1. The molecule has 2 aromatic rings. The monoisotopic (exact) mass is 318 g/mol. The molecule has 0 aliphatic carbocycles. The molecule has 1 aliphatic heterocycles. The summed E-state index contributed by atoms with van der Waals surface area (Å²) in [5.74, 6) is -0.168. The van der Waals surface area contributed by atoms with Gasteiger partial charge in [-0.15, -0.1) is 11.3 Å². The van der Waals surface area contributed by atoms with Gasteiger partial charge in [0.25, 0.3) is 5.91 Å². The first-order chi connectivity index (χ1) is 10.7. The van der Waals surface area contributed by atoms with Crippen LogP contribution in [0.2, 0.25) is 0 Å². The van der Waals surface area contributed by atoms with Gasteiger partial charge >= 0.3 is 5.97 Å². The molecule has 7 heteroatoms. The molecule has 6 nitrogen and oxygen atoms in total. The quantitative estimate of drug-likeness (QED) is 0.807.